The van der Waals surface area contributed by atoms with Gasteiger partial charge in [-0.1, -0.05) is 0 Å². The molecule has 0 saturated carbocycles. The van der Waals surface area contributed by atoms with Crippen LogP contribution >= 0.6 is 31.9 Å². The van der Waals surface area contributed by atoms with Gasteiger partial charge in [0, 0.05) is 0 Å². The first-order chi connectivity index (χ1) is 10.8. The summed E-state index contributed by atoms with van der Waals surface area (Å²) >= 11 is 5.87. The molecular formula is C11H9Br2N5O5. The summed E-state index contributed by atoms with van der Waals surface area (Å²) in [6, 6.07) is 2.56. The van der Waals surface area contributed by atoms with Crippen LogP contribution in [0.3, 0.4) is 0 Å². The number of hydrogen-bond acceptors (Lipinski definition) is 7. The van der Waals surface area contributed by atoms with Gasteiger partial charge in [-0.05, 0) is 44.0 Å². The third-order valence-corrected chi connectivity index (χ3v) is 3.34. The lowest BCUT2D eigenvalue weighted by molar-refractivity contribution is 0.0592. The summed E-state index contributed by atoms with van der Waals surface area (Å²) in [7, 11) is 1.24. The Morgan fingerprint density at radius 1 is 1.04 bits per heavy atom. The number of esters is 1. The molecule has 0 aromatic carbocycles. The van der Waals surface area contributed by atoms with Crippen LogP contribution in [-0.2, 0) is 4.74 Å². The number of H-pyrrole nitrogens is 2. The predicted molar refractivity (Wildman–Crippen MR) is 85.0 cm³/mol. The number of aromatic nitrogens is 4. The summed E-state index contributed by atoms with van der Waals surface area (Å²) in [5.74, 6) is -1.27. The number of nitrogens with one attached hydrogen (secondary N) is 2. The van der Waals surface area contributed by atoms with Crippen molar-refractivity contribution in [1.29, 1.82) is 0 Å². The van der Waals surface area contributed by atoms with Gasteiger partial charge in [-0.2, -0.15) is 10.2 Å². The zero-order chi connectivity index (χ0) is 17.6. The van der Waals surface area contributed by atoms with E-state index in [0.717, 1.165) is 0 Å². The van der Waals surface area contributed by atoms with Crippen molar-refractivity contribution in [3.63, 3.8) is 0 Å². The third-order valence-electron chi connectivity index (χ3n) is 2.16. The molecular weight excluding hydrogens is 442 g/mol. The largest absolute Gasteiger partial charge is 0.464 e. The summed E-state index contributed by atoms with van der Waals surface area (Å²) in [4.78, 5) is 42.8. The molecule has 0 atom stereocenters. The fourth-order valence-corrected chi connectivity index (χ4v) is 1.71. The number of aromatic amines is 2. The molecule has 0 fully saturated rings. The zero-order valence-corrected chi connectivity index (χ0v) is 14.6. The van der Waals surface area contributed by atoms with Crippen molar-refractivity contribution >= 4 is 43.7 Å². The van der Waals surface area contributed by atoms with Gasteiger partial charge in [-0.15, -0.1) is 0 Å². The molecule has 2 rings (SSSR count). The first-order valence-electron chi connectivity index (χ1n) is 5.64. The number of nitrogens with two attached hydrogens (primary N) is 1. The second-order valence-electron chi connectivity index (χ2n) is 3.72. The molecule has 0 bridgehead atoms. The van der Waals surface area contributed by atoms with Crippen molar-refractivity contribution in [1.82, 2.24) is 20.4 Å². The van der Waals surface area contributed by atoms with Crippen LogP contribution in [0.2, 0.25) is 0 Å². The summed E-state index contributed by atoms with van der Waals surface area (Å²) in [6.07, 6.45) is 0. The van der Waals surface area contributed by atoms with E-state index in [9.17, 15) is 19.2 Å². The van der Waals surface area contributed by atoms with Gasteiger partial charge in [0.25, 0.3) is 17.0 Å². The van der Waals surface area contributed by atoms with Crippen LogP contribution in [0, 0.1) is 0 Å². The summed E-state index contributed by atoms with van der Waals surface area (Å²) in [5.41, 5.74) is 4.19. The molecule has 0 saturated heterocycles. The number of methoxy groups -OCH3 is 1. The van der Waals surface area contributed by atoms with Crippen LogP contribution in [-0.4, -0.2) is 39.4 Å². The molecule has 10 nitrogen and oxygen atoms in total. The number of ether oxygens (including phenoxy) is 1. The summed E-state index contributed by atoms with van der Waals surface area (Å²) in [6.45, 7) is 0. The minimum atomic E-state index is -0.679. The highest BCUT2D eigenvalue weighted by Gasteiger charge is 2.08. The van der Waals surface area contributed by atoms with E-state index in [1.54, 1.807) is 0 Å². The number of halogens is 2. The van der Waals surface area contributed by atoms with Gasteiger partial charge in [0.15, 0.2) is 5.69 Å². The van der Waals surface area contributed by atoms with Crippen LogP contribution in [0.1, 0.15) is 21.0 Å². The van der Waals surface area contributed by atoms with Gasteiger partial charge in [0.2, 0.25) is 0 Å². The van der Waals surface area contributed by atoms with E-state index in [0.29, 0.717) is 0 Å². The van der Waals surface area contributed by atoms with Gasteiger partial charge >= 0.3 is 5.97 Å². The molecule has 0 aliphatic heterocycles. The van der Waals surface area contributed by atoms with E-state index in [2.05, 4.69) is 57.0 Å². The van der Waals surface area contributed by atoms with Crippen LogP contribution in [0.25, 0.3) is 0 Å². The maximum absolute atomic E-state index is 10.8. The van der Waals surface area contributed by atoms with E-state index in [1.807, 2.05) is 0 Å². The number of hydrogen-bond donors (Lipinski definition) is 3. The molecule has 23 heavy (non-hydrogen) atoms. The zero-order valence-electron chi connectivity index (χ0n) is 11.4. The standard InChI is InChI=1S/C6H5BrN2O3.C5H4BrN3O2/c1-12-6(11)4-2-3(7)5(10)9-8-4;6-2-1-3(4(7)10)8-9-5(2)11/h2H,1H3,(H,9,10);1H,(H2,7,10)(H,9,11). The molecule has 122 valence electrons. The summed E-state index contributed by atoms with van der Waals surface area (Å²) < 4.78 is 4.87. The lowest BCUT2D eigenvalue weighted by atomic mass is 10.4. The third kappa shape index (κ3) is 5.41. The van der Waals surface area contributed by atoms with Crippen molar-refractivity contribution in [3.05, 3.63) is 53.2 Å². The molecule has 0 radical (unpaired) electrons. The minimum absolute atomic E-state index is 0.0245. The van der Waals surface area contributed by atoms with Gasteiger partial charge in [-0.25, -0.2) is 15.0 Å². The van der Waals surface area contributed by atoms with E-state index in [4.69, 9.17) is 5.73 Å². The Morgan fingerprint density at radius 3 is 1.87 bits per heavy atom. The van der Waals surface area contributed by atoms with E-state index in [1.165, 1.54) is 19.2 Å². The van der Waals surface area contributed by atoms with Crippen LogP contribution in [0.5, 0.6) is 0 Å². The highest BCUT2D eigenvalue weighted by atomic mass is 79.9. The number of carbonyl (C=O) groups is 2. The van der Waals surface area contributed by atoms with Crippen molar-refractivity contribution in [3.8, 4) is 0 Å². The average Bonchev–Trinajstić information content (AvgIpc) is 2.52. The Labute approximate surface area is 144 Å². The lowest BCUT2D eigenvalue weighted by Crippen LogP contribution is -2.18. The Balaban J connectivity index is 0.000000231. The molecule has 2 aromatic heterocycles. The average molecular weight is 451 g/mol. The number of nitrogens with zero attached hydrogens (tertiary/aromatic N) is 2. The molecule has 0 spiro atoms. The smallest absolute Gasteiger partial charge is 0.358 e. The van der Waals surface area contributed by atoms with Crippen molar-refractivity contribution in [2.45, 2.75) is 0 Å². The maximum Gasteiger partial charge on any atom is 0.358 e. The van der Waals surface area contributed by atoms with Crippen LogP contribution in [0.15, 0.2) is 30.7 Å². The molecule has 1 amide bonds. The fourth-order valence-electron chi connectivity index (χ4n) is 1.10. The molecule has 12 heteroatoms. The van der Waals surface area contributed by atoms with Crippen molar-refractivity contribution in [2.24, 2.45) is 5.73 Å². The Hall–Kier alpha value is -2.34. The molecule has 2 heterocycles. The topological polar surface area (TPSA) is 161 Å². The highest BCUT2D eigenvalue weighted by molar-refractivity contribution is 9.10. The van der Waals surface area contributed by atoms with E-state index in [-0.39, 0.29) is 25.9 Å². The second kappa shape index (κ2) is 8.33. The predicted octanol–water partition coefficient (Wildman–Crippen LogP) is -0.0497. The molecule has 2 aromatic rings. The van der Waals surface area contributed by atoms with Crippen molar-refractivity contribution < 1.29 is 14.3 Å². The Morgan fingerprint density at radius 2 is 1.48 bits per heavy atom. The Bertz CT molecular complexity index is 847. The maximum atomic E-state index is 10.8. The molecule has 0 unspecified atom stereocenters. The fraction of sp³-hybridized carbons (Fsp3) is 0.0909. The van der Waals surface area contributed by atoms with Gasteiger partial charge < -0.3 is 10.5 Å². The molecule has 0 aliphatic rings. The number of carbonyl (C=O) groups excluding carboxylic acids is 2. The van der Waals surface area contributed by atoms with Crippen molar-refractivity contribution in [2.75, 3.05) is 7.11 Å². The number of primary amides is 1. The lowest BCUT2D eigenvalue weighted by Gasteiger charge is -1.96. The van der Waals surface area contributed by atoms with Crippen LogP contribution < -0.4 is 16.9 Å². The molecule has 4 N–H and O–H groups in total. The Kier molecular flexibility index (Phi) is 6.78. The van der Waals surface area contributed by atoms with E-state index < -0.39 is 17.4 Å². The minimum Gasteiger partial charge on any atom is -0.464 e. The van der Waals surface area contributed by atoms with Crippen LogP contribution in [0.4, 0.5) is 0 Å². The normalized spacial score (nSPS) is 9.52. The van der Waals surface area contributed by atoms with Gasteiger partial charge in [0.1, 0.15) is 5.69 Å². The van der Waals surface area contributed by atoms with Gasteiger partial charge in [0.05, 0.1) is 16.1 Å². The molecule has 0 aliphatic carbocycles. The second-order valence-corrected chi connectivity index (χ2v) is 5.42. The monoisotopic (exact) mass is 449 g/mol. The first kappa shape index (κ1) is 18.7. The first-order valence-corrected chi connectivity index (χ1v) is 7.23. The van der Waals surface area contributed by atoms with Gasteiger partial charge in [-0.3, -0.25) is 14.4 Å². The number of rotatable bonds is 2. The quantitative estimate of drug-likeness (QED) is 0.540. The summed E-state index contributed by atoms with van der Waals surface area (Å²) in [5, 5.41) is 11.1. The number of amides is 1. The van der Waals surface area contributed by atoms with E-state index >= 15 is 0 Å². The highest BCUT2D eigenvalue weighted by Crippen LogP contribution is 2.03. The SMILES string of the molecule is COC(=O)c1cc(Br)c(=O)[nH]n1.NC(=O)c1cc(Br)c(=O)[nH]n1.